The molecular weight excluding hydrogens is 230 g/mol. The van der Waals surface area contributed by atoms with Gasteiger partial charge in [-0.25, -0.2) is 0 Å². The molecule has 18 heavy (non-hydrogen) atoms. The van der Waals surface area contributed by atoms with E-state index in [1.165, 1.54) is 12.8 Å². The van der Waals surface area contributed by atoms with Crippen LogP contribution in [0.4, 0.5) is 0 Å². The summed E-state index contributed by atoms with van der Waals surface area (Å²) in [5.41, 5.74) is 4.70. The fourth-order valence-electron chi connectivity index (χ4n) is 2.87. The van der Waals surface area contributed by atoms with Gasteiger partial charge in [-0.3, -0.25) is 9.69 Å². The Kier molecular flexibility index (Phi) is 5.13. The first-order chi connectivity index (χ1) is 8.24. The van der Waals surface area contributed by atoms with Crippen molar-refractivity contribution in [3.8, 4) is 0 Å². The second-order valence-electron chi connectivity index (χ2n) is 6.07. The first-order valence-corrected chi connectivity index (χ1v) is 6.67. The molecule has 0 aromatic carbocycles. The predicted molar refractivity (Wildman–Crippen MR) is 72.6 cm³/mol. The fourth-order valence-corrected chi connectivity index (χ4v) is 2.87. The van der Waals surface area contributed by atoms with Crippen molar-refractivity contribution >= 4 is 5.97 Å². The monoisotopic (exact) mass is 257 g/mol. The van der Waals surface area contributed by atoms with Crippen molar-refractivity contribution in [2.75, 3.05) is 27.2 Å². The Labute approximate surface area is 110 Å². The maximum absolute atomic E-state index is 11.1. The topological polar surface area (TPSA) is 69.8 Å². The van der Waals surface area contributed by atoms with Crippen LogP contribution < -0.4 is 5.73 Å². The van der Waals surface area contributed by atoms with Crippen molar-refractivity contribution < 1.29 is 9.90 Å². The average Bonchev–Trinajstić information content (AvgIpc) is 2.63. The molecule has 1 rings (SSSR count). The number of aliphatic carboxylic acids is 1. The molecule has 1 aliphatic rings. The Morgan fingerprint density at radius 2 is 2.22 bits per heavy atom. The minimum Gasteiger partial charge on any atom is -0.480 e. The van der Waals surface area contributed by atoms with E-state index in [0.29, 0.717) is 12.5 Å². The van der Waals surface area contributed by atoms with Gasteiger partial charge >= 0.3 is 5.97 Å². The van der Waals surface area contributed by atoms with E-state index in [0.717, 1.165) is 13.1 Å². The van der Waals surface area contributed by atoms with Gasteiger partial charge in [-0.05, 0) is 53.8 Å². The summed E-state index contributed by atoms with van der Waals surface area (Å²) >= 11 is 0. The number of nitrogens with zero attached hydrogens (tertiary/aromatic N) is 2. The second-order valence-corrected chi connectivity index (χ2v) is 6.07. The van der Waals surface area contributed by atoms with Crippen LogP contribution in [0.5, 0.6) is 0 Å². The van der Waals surface area contributed by atoms with Crippen molar-refractivity contribution in [1.29, 1.82) is 0 Å². The van der Waals surface area contributed by atoms with Crippen LogP contribution in [0.25, 0.3) is 0 Å². The summed E-state index contributed by atoms with van der Waals surface area (Å²) in [5, 5.41) is 9.09. The van der Waals surface area contributed by atoms with Gasteiger partial charge in [-0.2, -0.15) is 0 Å². The highest BCUT2D eigenvalue weighted by molar-refractivity contribution is 5.77. The number of likely N-dealkylation sites (N-methyl/N-ethyl adjacent to an activating group) is 1. The SMILES string of the molecule is CC(CC(C)(N)C(=O)O)N1CCCC1CN(C)C. The van der Waals surface area contributed by atoms with Crippen molar-refractivity contribution in [2.24, 2.45) is 5.73 Å². The van der Waals surface area contributed by atoms with Crippen LogP contribution in [0, 0.1) is 0 Å². The highest BCUT2D eigenvalue weighted by Crippen LogP contribution is 2.24. The number of carbonyl (C=O) groups is 1. The van der Waals surface area contributed by atoms with Gasteiger partial charge in [0, 0.05) is 18.6 Å². The molecular formula is C13H27N3O2. The molecule has 5 nitrogen and oxygen atoms in total. The van der Waals surface area contributed by atoms with Gasteiger partial charge in [-0.1, -0.05) is 0 Å². The third kappa shape index (κ3) is 3.93. The summed E-state index contributed by atoms with van der Waals surface area (Å²) in [5.74, 6) is -0.919. The van der Waals surface area contributed by atoms with Crippen molar-refractivity contribution in [3.63, 3.8) is 0 Å². The lowest BCUT2D eigenvalue weighted by Crippen LogP contribution is -2.52. The maximum atomic E-state index is 11.1. The molecule has 1 aliphatic heterocycles. The Morgan fingerprint density at radius 1 is 1.61 bits per heavy atom. The molecule has 3 atom stereocenters. The lowest BCUT2D eigenvalue weighted by atomic mass is 9.94. The molecule has 1 fully saturated rings. The first kappa shape index (κ1) is 15.4. The quantitative estimate of drug-likeness (QED) is 0.729. The number of hydrogen-bond donors (Lipinski definition) is 2. The molecule has 106 valence electrons. The standard InChI is InChI=1S/C13H27N3O2/c1-10(8-13(2,14)12(17)18)16-7-5-6-11(16)9-15(3)4/h10-11H,5-9,14H2,1-4H3,(H,17,18). The van der Waals surface area contributed by atoms with Crippen LogP contribution >= 0.6 is 0 Å². The normalized spacial score (nSPS) is 26.2. The van der Waals surface area contributed by atoms with E-state index in [-0.39, 0.29) is 6.04 Å². The minimum atomic E-state index is -1.13. The molecule has 0 aromatic rings. The highest BCUT2D eigenvalue weighted by atomic mass is 16.4. The van der Waals surface area contributed by atoms with Crippen LogP contribution in [-0.4, -0.2) is 65.7 Å². The average molecular weight is 257 g/mol. The highest BCUT2D eigenvalue weighted by Gasteiger charge is 2.35. The summed E-state index contributed by atoms with van der Waals surface area (Å²) in [6.45, 7) is 5.76. The zero-order valence-electron chi connectivity index (χ0n) is 12.0. The van der Waals surface area contributed by atoms with E-state index >= 15 is 0 Å². The van der Waals surface area contributed by atoms with E-state index in [1.54, 1.807) is 6.92 Å². The molecule has 0 saturated carbocycles. The van der Waals surface area contributed by atoms with E-state index in [2.05, 4.69) is 30.8 Å². The van der Waals surface area contributed by atoms with Crippen LogP contribution in [0.3, 0.4) is 0 Å². The molecule has 1 heterocycles. The van der Waals surface area contributed by atoms with Crippen molar-refractivity contribution in [1.82, 2.24) is 9.80 Å². The van der Waals surface area contributed by atoms with E-state index in [4.69, 9.17) is 10.8 Å². The molecule has 3 N–H and O–H groups in total. The minimum absolute atomic E-state index is 0.212. The number of carboxylic acids is 1. The molecule has 5 heteroatoms. The number of nitrogens with two attached hydrogens (primary N) is 1. The van der Waals surface area contributed by atoms with Gasteiger partial charge in [0.2, 0.25) is 0 Å². The Morgan fingerprint density at radius 3 is 2.72 bits per heavy atom. The molecule has 0 aliphatic carbocycles. The summed E-state index contributed by atoms with van der Waals surface area (Å²) in [4.78, 5) is 15.7. The van der Waals surface area contributed by atoms with Crippen LogP contribution in [0.2, 0.25) is 0 Å². The Bertz CT molecular complexity index is 292. The van der Waals surface area contributed by atoms with Gasteiger partial charge in [0.25, 0.3) is 0 Å². The Hall–Kier alpha value is -0.650. The summed E-state index contributed by atoms with van der Waals surface area (Å²) < 4.78 is 0. The van der Waals surface area contributed by atoms with Gasteiger partial charge in [0.05, 0.1) is 0 Å². The van der Waals surface area contributed by atoms with Crippen molar-refractivity contribution in [3.05, 3.63) is 0 Å². The zero-order valence-corrected chi connectivity index (χ0v) is 12.0. The summed E-state index contributed by atoms with van der Waals surface area (Å²) in [7, 11) is 4.15. The van der Waals surface area contributed by atoms with E-state index in [1.807, 2.05) is 0 Å². The van der Waals surface area contributed by atoms with Gasteiger partial charge in [-0.15, -0.1) is 0 Å². The molecule has 0 bridgehead atoms. The number of rotatable bonds is 6. The molecule has 0 aromatic heterocycles. The van der Waals surface area contributed by atoms with E-state index in [9.17, 15) is 4.79 Å². The maximum Gasteiger partial charge on any atom is 0.323 e. The summed E-state index contributed by atoms with van der Waals surface area (Å²) in [6, 6.07) is 0.739. The Balaban J connectivity index is 2.60. The molecule has 0 radical (unpaired) electrons. The zero-order chi connectivity index (χ0) is 13.9. The molecule has 0 spiro atoms. The molecule has 0 amide bonds. The van der Waals surface area contributed by atoms with Crippen molar-refractivity contribution in [2.45, 2.75) is 50.7 Å². The fraction of sp³-hybridized carbons (Fsp3) is 0.923. The number of likely N-dealkylation sites (tertiary alicyclic amines) is 1. The number of hydrogen-bond acceptors (Lipinski definition) is 4. The first-order valence-electron chi connectivity index (χ1n) is 6.67. The second kappa shape index (κ2) is 5.99. The predicted octanol–water partition coefficient (Wildman–Crippen LogP) is 0.593. The van der Waals surface area contributed by atoms with Gasteiger partial charge in [0.15, 0.2) is 0 Å². The summed E-state index contributed by atoms with van der Waals surface area (Å²) in [6.07, 6.45) is 2.88. The third-order valence-corrected chi connectivity index (χ3v) is 3.77. The smallest absolute Gasteiger partial charge is 0.323 e. The van der Waals surface area contributed by atoms with E-state index < -0.39 is 11.5 Å². The molecule has 1 saturated heterocycles. The van der Waals surface area contributed by atoms with Crippen LogP contribution in [0.1, 0.15) is 33.1 Å². The lowest BCUT2D eigenvalue weighted by molar-refractivity contribution is -0.143. The largest absolute Gasteiger partial charge is 0.480 e. The van der Waals surface area contributed by atoms with Gasteiger partial charge in [0.1, 0.15) is 5.54 Å². The van der Waals surface area contributed by atoms with Crippen LogP contribution in [0.15, 0.2) is 0 Å². The van der Waals surface area contributed by atoms with Crippen LogP contribution in [-0.2, 0) is 4.79 Å². The third-order valence-electron chi connectivity index (χ3n) is 3.77. The lowest BCUT2D eigenvalue weighted by Gasteiger charge is -2.35. The van der Waals surface area contributed by atoms with Gasteiger partial charge < -0.3 is 15.7 Å². The molecule has 3 unspecified atom stereocenters. The number of carboxylic acid groups (broad SMARTS) is 1.